The molecule has 2 rings (SSSR count). The van der Waals surface area contributed by atoms with Crippen LogP contribution >= 0.6 is 0 Å². The first-order valence-electron chi connectivity index (χ1n) is 5.77. The van der Waals surface area contributed by atoms with Gasteiger partial charge in [0.25, 0.3) is 0 Å². The van der Waals surface area contributed by atoms with Gasteiger partial charge in [0.2, 0.25) is 0 Å². The fraction of sp³-hybridized carbons (Fsp3) is 0.200. The standard InChI is InChI=1S/C15H12F3O2/c1-19-12-7-4-8-13(20-2)14(12)10-5-3-6-11(9-10)15(16,17)18/h3,5-9H,1-2H3. The highest BCUT2D eigenvalue weighted by Gasteiger charge is 2.30. The molecule has 0 heterocycles. The van der Waals surface area contributed by atoms with Gasteiger partial charge in [0.05, 0.1) is 25.3 Å². The van der Waals surface area contributed by atoms with Crippen LogP contribution in [0.1, 0.15) is 5.56 Å². The normalized spacial score (nSPS) is 11.2. The highest BCUT2D eigenvalue weighted by molar-refractivity contribution is 5.77. The van der Waals surface area contributed by atoms with E-state index in [2.05, 4.69) is 6.07 Å². The average Bonchev–Trinajstić information content (AvgIpc) is 2.45. The van der Waals surface area contributed by atoms with Crippen LogP contribution in [0.25, 0.3) is 11.1 Å². The van der Waals surface area contributed by atoms with E-state index in [9.17, 15) is 13.2 Å². The molecule has 2 aromatic rings. The van der Waals surface area contributed by atoms with Crippen LogP contribution in [-0.4, -0.2) is 14.2 Å². The van der Waals surface area contributed by atoms with Crippen LogP contribution in [0.3, 0.4) is 0 Å². The first-order valence-corrected chi connectivity index (χ1v) is 5.77. The molecule has 0 saturated carbocycles. The van der Waals surface area contributed by atoms with Crippen LogP contribution in [0.5, 0.6) is 11.5 Å². The molecule has 0 atom stereocenters. The number of methoxy groups -OCH3 is 2. The third-order valence-corrected chi connectivity index (χ3v) is 2.84. The lowest BCUT2D eigenvalue weighted by molar-refractivity contribution is -0.137. The van der Waals surface area contributed by atoms with Crippen LogP contribution in [0.2, 0.25) is 0 Å². The van der Waals surface area contributed by atoms with Crippen molar-refractivity contribution < 1.29 is 22.6 Å². The van der Waals surface area contributed by atoms with Crippen molar-refractivity contribution in [1.29, 1.82) is 0 Å². The zero-order valence-electron chi connectivity index (χ0n) is 10.9. The van der Waals surface area contributed by atoms with E-state index in [1.807, 2.05) is 0 Å². The van der Waals surface area contributed by atoms with Crippen LogP contribution in [-0.2, 0) is 6.18 Å². The van der Waals surface area contributed by atoms with Gasteiger partial charge in [-0.25, -0.2) is 0 Å². The van der Waals surface area contributed by atoms with E-state index in [0.29, 0.717) is 22.6 Å². The van der Waals surface area contributed by atoms with Crippen molar-refractivity contribution in [3.05, 3.63) is 48.0 Å². The summed E-state index contributed by atoms with van der Waals surface area (Å²) >= 11 is 0. The molecular formula is C15H12F3O2. The molecule has 2 nitrogen and oxygen atoms in total. The first-order chi connectivity index (χ1) is 9.47. The number of hydrogen-bond acceptors (Lipinski definition) is 2. The zero-order chi connectivity index (χ0) is 14.8. The second-order valence-corrected chi connectivity index (χ2v) is 4.05. The lowest BCUT2D eigenvalue weighted by Gasteiger charge is -2.14. The van der Waals surface area contributed by atoms with Gasteiger partial charge in [0.1, 0.15) is 11.5 Å². The molecule has 0 N–H and O–H groups in total. The molecule has 0 unspecified atom stereocenters. The largest absolute Gasteiger partial charge is 0.496 e. The van der Waals surface area contributed by atoms with Crippen molar-refractivity contribution in [1.82, 2.24) is 0 Å². The van der Waals surface area contributed by atoms with Crippen molar-refractivity contribution >= 4 is 0 Å². The summed E-state index contributed by atoms with van der Waals surface area (Å²) in [7, 11) is 2.89. The van der Waals surface area contributed by atoms with Crippen molar-refractivity contribution in [2.75, 3.05) is 14.2 Å². The predicted molar refractivity (Wildman–Crippen MR) is 68.8 cm³/mol. The number of halogens is 3. The van der Waals surface area contributed by atoms with Gasteiger partial charge in [0.15, 0.2) is 0 Å². The molecule has 0 spiro atoms. The minimum Gasteiger partial charge on any atom is -0.496 e. The Morgan fingerprint density at radius 2 is 1.60 bits per heavy atom. The number of alkyl halides is 3. The van der Waals surface area contributed by atoms with Crippen molar-refractivity contribution in [3.8, 4) is 22.6 Å². The lowest BCUT2D eigenvalue weighted by Crippen LogP contribution is -2.04. The molecule has 0 saturated heterocycles. The first kappa shape index (κ1) is 14.2. The molecule has 0 aromatic heterocycles. The van der Waals surface area contributed by atoms with E-state index in [1.54, 1.807) is 18.2 Å². The third-order valence-electron chi connectivity index (χ3n) is 2.84. The van der Waals surface area contributed by atoms with Crippen LogP contribution in [0.4, 0.5) is 13.2 Å². The Morgan fingerprint density at radius 3 is 2.10 bits per heavy atom. The summed E-state index contributed by atoms with van der Waals surface area (Å²) in [5.74, 6) is 0.812. The van der Waals surface area contributed by atoms with Gasteiger partial charge >= 0.3 is 6.18 Å². The SMILES string of the molecule is COc1c[c]cc(OC)c1-c1cccc(C(F)(F)F)c1. The molecule has 0 amide bonds. The molecule has 20 heavy (non-hydrogen) atoms. The van der Waals surface area contributed by atoms with Gasteiger partial charge in [-0.15, -0.1) is 0 Å². The van der Waals surface area contributed by atoms with E-state index >= 15 is 0 Å². The maximum Gasteiger partial charge on any atom is 0.416 e. The van der Waals surface area contributed by atoms with Gasteiger partial charge in [-0.3, -0.25) is 0 Å². The van der Waals surface area contributed by atoms with Gasteiger partial charge in [-0.1, -0.05) is 12.1 Å². The Labute approximate surface area is 114 Å². The molecule has 0 aliphatic rings. The molecule has 1 radical (unpaired) electrons. The predicted octanol–water partition coefficient (Wildman–Crippen LogP) is 4.19. The van der Waals surface area contributed by atoms with Crippen LogP contribution in [0, 0.1) is 6.07 Å². The van der Waals surface area contributed by atoms with Crippen molar-refractivity contribution in [2.45, 2.75) is 6.18 Å². The molecule has 0 aliphatic heterocycles. The summed E-state index contributed by atoms with van der Waals surface area (Å²) in [6.07, 6.45) is -4.39. The number of rotatable bonds is 3. The quantitative estimate of drug-likeness (QED) is 0.839. The van der Waals surface area contributed by atoms with Crippen LogP contribution < -0.4 is 9.47 Å². The Balaban J connectivity index is 2.62. The summed E-state index contributed by atoms with van der Waals surface area (Å²) < 4.78 is 48.7. The zero-order valence-corrected chi connectivity index (χ0v) is 10.9. The molecular weight excluding hydrogens is 269 g/mol. The van der Waals surface area contributed by atoms with Gasteiger partial charge in [0, 0.05) is 0 Å². The second kappa shape index (κ2) is 5.45. The molecule has 0 fully saturated rings. The fourth-order valence-corrected chi connectivity index (χ4v) is 1.92. The van der Waals surface area contributed by atoms with Gasteiger partial charge < -0.3 is 9.47 Å². The van der Waals surface area contributed by atoms with Gasteiger partial charge in [-0.2, -0.15) is 13.2 Å². The minimum absolute atomic E-state index is 0.377. The summed E-state index contributed by atoms with van der Waals surface area (Å²) in [6, 6.07) is 11.0. The van der Waals surface area contributed by atoms with E-state index in [1.165, 1.54) is 20.3 Å². The fourth-order valence-electron chi connectivity index (χ4n) is 1.92. The number of hydrogen-bond donors (Lipinski definition) is 0. The summed E-state index contributed by atoms with van der Waals surface area (Å²) in [5.41, 5.74) is 0.134. The number of benzene rings is 2. The number of ether oxygens (including phenoxy) is 2. The highest BCUT2D eigenvalue weighted by Crippen LogP contribution is 2.40. The van der Waals surface area contributed by atoms with Crippen molar-refractivity contribution in [3.63, 3.8) is 0 Å². The Morgan fingerprint density at radius 1 is 1.00 bits per heavy atom. The average molecular weight is 281 g/mol. The van der Waals surface area contributed by atoms with Crippen LogP contribution in [0.15, 0.2) is 36.4 Å². The molecule has 2 aromatic carbocycles. The van der Waals surface area contributed by atoms with E-state index in [-0.39, 0.29) is 0 Å². The highest BCUT2D eigenvalue weighted by atomic mass is 19.4. The Hall–Kier alpha value is -2.17. The Bertz CT molecular complexity index is 584. The topological polar surface area (TPSA) is 18.5 Å². The van der Waals surface area contributed by atoms with Crippen molar-refractivity contribution in [2.24, 2.45) is 0 Å². The lowest BCUT2D eigenvalue weighted by atomic mass is 10.0. The molecule has 0 aliphatic carbocycles. The summed E-state index contributed by atoms with van der Waals surface area (Å²) in [6.45, 7) is 0. The molecule has 5 heteroatoms. The third kappa shape index (κ3) is 2.71. The molecule has 0 bridgehead atoms. The maximum atomic E-state index is 12.8. The monoisotopic (exact) mass is 281 g/mol. The Kier molecular flexibility index (Phi) is 3.88. The smallest absolute Gasteiger partial charge is 0.416 e. The second-order valence-electron chi connectivity index (χ2n) is 4.05. The van der Waals surface area contributed by atoms with E-state index < -0.39 is 11.7 Å². The maximum absolute atomic E-state index is 12.8. The van der Waals surface area contributed by atoms with E-state index in [4.69, 9.17) is 9.47 Å². The van der Waals surface area contributed by atoms with E-state index in [0.717, 1.165) is 12.1 Å². The minimum atomic E-state index is -4.39. The van der Waals surface area contributed by atoms with Gasteiger partial charge in [-0.05, 0) is 35.9 Å². The summed E-state index contributed by atoms with van der Waals surface area (Å²) in [4.78, 5) is 0. The molecule has 105 valence electrons. The summed E-state index contributed by atoms with van der Waals surface area (Å²) in [5, 5.41) is 0.